The Morgan fingerprint density at radius 3 is 2.44 bits per heavy atom. The van der Waals surface area contributed by atoms with Gasteiger partial charge in [0.15, 0.2) is 5.78 Å². The molecule has 0 aromatic rings. The van der Waals surface area contributed by atoms with E-state index in [0.29, 0.717) is 61.7 Å². The lowest BCUT2D eigenvalue weighted by molar-refractivity contribution is -0.169. The Kier molecular flexibility index (Phi) is 6.72. The number of hydrogen-bond acceptors (Lipinski definition) is 4. The predicted octanol–water partition coefficient (Wildman–Crippen LogP) is 6.42. The van der Waals surface area contributed by atoms with E-state index in [1.807, 2.05) is 0 Å². The number of carbonyl (C=O) groups excluding carboxylic acids is 2. The molecule has 0 spiro atoms. The number of Topliss-reactive ketones (excluding diaryl/α,β-unsaturated/α-hetero) is 1. The highest BCUT2D eigenvalue weighted by atomic mass is 16.5. The van der Waals surface area contributed by atoms with Crippen molar-refractivity contribution in [2.24, 2.45) is 40.4 Å². The summed E-state index contributed by atoms with van der Waals surface area (Å²) in [6, 6.07) is 0. The van der Waals surface area contributed by atoms with Gasteiger partial charge < -0.3 is 9.84 Å². The van der Waals surface area contributed by atoms with Crippen LogP contribution in [-0.4, -0.2) is 28.6 Å². The lowest BCUT2D eigenvalue weighted by Crippen LogP contribution is -2.59. The second kappa shape index (κ2) is 8.91. The number of ether oxygens (including phenoxy) is 1. The van der Waals surface area contributed by atoms with Crippen LogP contribution in [0.5, 0.6) is 0 Å². The van der Waals surface area contributed by atoms with Gasteiger partial charge in [-0.25, -0.2) is 0 Å². The summed E-state index contributed by atoms with van der Waals surface area (Å²) in [5, 5.41) is 11.8. The molecular formula is C30H46O4. The van der Waals surface area contributed by atoms with Crippen LogP contribution in [0.1, 0.15) is 99.8 Å². The summed E-state index contributed by atoms with van der Waals surface area (Å²) in [6.07, 6.45) is 10.8. The zero-order valence-electron chi connectivity index (χ0n) is 22.4. The summed E-state index contributed by atoms with van der Waals surface area (Å²) in [7, 11) is 0. The van der Waals surface area contributed by atoms with Crippen molar-refractivity contribution < 1.29 is 19.4 Å². The van der Waals surface area contributed by atoms with E-state index in [1.165, 1.54) is 18.9 Å². The van der Waals surface area contributed by atoms with Crippen LogP contribution in [0.4, 0.5) is 0 Å². The van der Waals surface area contributed by atoms with Crippen molar-refractivity contribution in [3.8, 4) is 0 Å². The second-order valence-electron chi connectivity index (χ2n) is 12.9. The summed E-state index contributed by atoms with van der Waals surface area (Å²) in [5.74, 6) is 2.58. The SMILES string of the molecule is CC(=O)O[C@@H]1CC[C@]2(C)C3=C(CC[C@@]2(O)C1)[C@@H]1CC[C@@H]([C@H](C)/C=C/[C@H](C)C(C)C)[C@@]1(C)CC3=O. The largest absolute Gasteiger partial charge is 0.462 e. The molecule has 34 heavy (non-hydrogen) atoms. The van der Waals surface area contributed by atoms with E-state index in [-0.39, 0.29) is 23.3 Å². The molecule has 0 amide bonds. The number of fused-ring (bicyclic) bond motifs is 4. The third-order valence-electron chi connectivity index (χ3n) is 10.6. The van der Waals surface area contributed by atoms with E-state index < -0.39 is 11.0 Å². The van der Waals surface area contributed by atoms with Crippen molar-refractivity contribution in [1.82, 2.24) is 0 Å². The van der Waals surface area contributed by atoms with Crippen molar-refractivity contribution in [3.05, 3.63) is 23.3 Å². The minimum Gasteiger partial charge on any atom is -0.462 e. The van der Waals surface area contributed by atoms with Crippen molar-refractivity contribution >= 4 is 11.8 Å². The fourth-order valence-corrected chi connectivity index (χ4v) is 8.21. The van der Waals surface area contributed by atoms with Crippen molar-refractivity contribution in [2.45, 2.75) is 112 Å². The molecule has 4 aliphatic carbocycles. The molecule has 4 aliphatic rings. The first-order chi connectivity index (χ1) is 15.8. The van der Waals surface area contributed by atoms with Crippen LogP contribution in [0.2, 0.25) is 0 Å². The normalized spacial score (nSPS) is 41.8. The summed E-state index contributed by atoms with van der Waals surface area (Å²) < 4.78 is 5.49. The third-order valence-corrected chi connectivity index (χ3v) is 10.6. The summed E-state index contributed by atoms with van der Waals surface area (Å²) in [4.78, 5) is 25.4. The third kappa shape index (κ3) is 4.02. The molecule has 2 fully saturated rings. The number of rotatable bonds is 5. The molecule has 4 heteroatoms. The molecule has 4 rings (SSSR count). The van der Waals surface area contributed by atoms with Gasteiger partial charge >= 0.3 is 5.97 Å². The quantitative estimate of drug-likeness (QED) is 0.372. The van der Waals surface area contributed by atoms with Gasteiger partial charge in [-0.15, -0.1) is 0 Å². The molecule has 2 saturated carbocycles. The maximum atomic E-state index is 13.9. The van der Waals surface area contributed by atoms with Crippen LogP contribution < -0.4 is 0 Å². The molecule has 1 N–H and O–H groups in total. The minimum absolute atomic E-state index is 0.00149. The maximum Gasteiger partial charge on any atom is 0.302 e. The number of carbonyl (C=O) groups is 2. The highest BCUT2D eigenvalue weighted by Gasteiger charge is 2.62. The average Bonchev–Trinajstić information content (AvgIpc) is 3.08. The van der Waals surface area contributed by atoms with E-state index in [2.05, 4.69) is 53.7 Å². The Labute approximate surface area is 206 Å². The summed E-state index contributed by atoms with van der Waals surface area (Å²) in [5.41, 5.74) is 0.788. The van der Waals surface area contributed by atoms with Gasteiger partial charge in [-0.3, -0.25) is 9.59 Å². The van der Waals surface area contributed by atoms with E-state index >= 15 is 0 Å². The van der Waals surface area contributed by atoms with Gasteiger partial charge in [0.1, 0.15) is 6.10 Å². The van der Waals surface area contributed by atoms with Crippen molar-refractivity contribution in [3.63, 3.8) is 0 Å². The van der Waals surface area contributed by atoms with Crippen LogP contribution in [0, 0.1) is 40.4 Å². The Balaban J connectivity index is 1.62. The first kappa shape index (κ1) is 25.7. The standard InChI is InChI=1S/C30H46O4/c1-18(2)19(3)8-9-20(4)24-10-11-25-23-13-15-30(33)16-22(34-21(5)31)12-14-29(30,7)27(23)26(32)17-28(24,25)6/h8-9,18-20,22,24-25,33H,10-17H2,1-7H3/b9-8+/t19-,20+,22+,24-,25-,28+,29+,30+/m0/s1. The minimum atomic E-state index is -0.978. The predicted molar refractivity (Wildman–Crippen MR) is 135 cm³/mol. The van der Waals surface area contributed by atoms with E-state index in [1.54, 1.807) is 0 Å². The molecule has 0 bridgehead atoms. The molecule has 0 radical (unpaired) electrons. The Hall–Kier alpha value is -1.42. The van der Waals surface area contributed by atoms with Crippen molar-refractivity contribution in [2.75, 3.05) is 0 Å². The van der Waals surface area contributed by atoms with Crippen LogP contribution in [0.3, 0.4) is 0 Å². The monoisotopic (exact) mass is 470 g/mol. The zero-order chi connectivity index (χ0) is 25.1. The fraction of sp³-hybridized carbons (Fsp3) is 0.800. The van der Waals surface area contributed by atoms with Crippen LogP contribution in [0.15, 0.2) is 23.3 Å². The van der Waals surface area contributed by atoms with Gasteiger partial charge in [-0.05, 0) is 73.5 Å². The highest BCUT2D eigenvalue weighted by molar-refractivity contribution is 5.99. The molecule has 0 aliphatic heterocycles. The smallest absolute Gasteiger partial charge is 0.302 e. The highest BCUT2D eigenvalue weighted by Crippen LogP contribution is 2.65. The molecule has 0 aromatic carbocycles. The van der Waals surface area contributed by atoms with Gasteiger partial charge in [0.25, 0.3) is 0 Å². The number of allylic oxidation sites excluding steroid dienone is 3. The molecule has 0 heterocycles. The van der Waals surface area contributed by atoms with Crippen LogP contribution >= 0.6 is 0 Å². The molecule has 8 atom stereocenters. The van der Waals surface area contributed by atoms with Crippen LogP contribution in [-0.2, 0) is 14.3 Å². The molecule has 0 unspecified atom stereocenters. The number of ketones is 1. The number of aliphatic hydroxyl groups is 1. The average molecular weight is 471 g/mol. The first-order valence-electron chi connectivity index (χ1n) is 13.7. The van der Waals surface area contributed by atoms with Gasteiger partial charge in [-0.1, -0.05) is 59.3 Å². The lowest BCUT2D eigenvalue weighted by atomic mass is 9.48. The second-order valence-corrected chi connectivity index (χ2v) is 12.9. The maximum absolute atomic E-state index is 13.9. The van der Waals surface area contributed by atoms with Gasteiger partial charge in [0, 0.05) is 30.8 Å². The Bertz CT molecular complexity index is 899. The summed E-state index contributed by atoms with van der Waals surface area (Å²) >= 11 is 0. The Morgan fingerprint density at radius 2 is 1.79 bits per heavy atom. The van der Waals surface area contributed by atoms with Gasteiger partial charge in [0.2, 0.25) is 0 Å². The Morgan fingerprint density at radius 1 is 1.09 bits per heavy atom. The van der Waals surface area contributed by atoms with Crippen LogP contribution in [0.25, 0.3) is 0 Å². The molecular weight excluding hydrogens is 424 g/mol. The van der Waals surface area contributed by atoms with E-state index in [0.717, 1.165) is 18.4 Å². The fourth-order valence-electron chi connectivity index (χ4n) is 8.21. The number of hydrogen-bond donors (Lipinski definition) is 1. The molecule has 190 valence electrons. The lowest BCUT2D eigenvalue weighted by Gasteiger charge is -2.58. The van der Waals surface area contributed by atoms with Crippen molar-refractivity contribution in [1.29, 1.82) is 0 Å². The van der Waals surface area contributed by atoms with Gasteiger partial charge in [-0.2, -0.15) is 0 Å². The topological polar surface area (TPSA) is 63.6 Å². The van der Waals surface area contributed by atoms with Gasteiger partial charge in [0.05, 0.1) is 5.60 Å². The number of esters is 1. The molecule has 4 nitrogen and oxygen atoms in total. The van der Waals surface area contributed by atoms with E-state index in [9.17, 15) is 14.7 Å². The van der Waals surface area contributed by atoms with E-state index in [4.69, 9.17) is 4.74 Å². The summed E-state index contributed by atoms with van der Waals surface area (Å²) in [6.45, 7) is 15.1. The first-order valence-corrected chi connectivity index (χ1v) is 13.7. The molecule has 0 aromatic heterocycles. The zero-order valence-corrected chi connectivity index (χ0v) is 22.4. The molecule has 0 saturated heterocycles.